The van der Waals surface area contributed by atoms with E-state index < -0.39 is 12.0 Å². The highest BCUT2D eigenvalue weighted by Crippen LogP contribution is 2.19. The van der Waals surface area contributed by atoms with E-state index >= 15 is 0 Å². The van der Waals surface area contributed by atoms with Gasteiger partial charge in [0.2, 0.25) is 0 Å². The minimum Gasteiger partial charge on any atom is -0.481 e. The zero-order valence-corrected chi connectivity index (χ0v) is 13.7. The summed E-state index contributed by atoms with van der Waals surface area (Å²) >= 11 is 0. The Morgan fingerprint density at radius 3 is 2.52 bits per heavy atom. The lowest BCUT2D eigenvalue weighted by atomic mass is 10.1. The molecule has 0 aliphatic carbocycles. The summed E-state index contributed by atoms with van der Waals surface area (Å²) in [5.41, 5.74) is 1.87. The number of amides is 1. The van der Waals surface area contributed by atoms with Gasteiger partial charge in [0.15, 0.2) is 6.10 Å². The molecular weight excluding hydrogens is 325 g/mol. The van der Waals surface area contributed by atoms with E-state index in [9.17, 15) is 9.18 Å². The first-order valence-electron chi connectivity index (χ1n) is 7.65. The van der Waals surface area contributed by atoms with Crippen LogP contribution >= 0.6 is 0 Å². The average Bonchev–Trinajstić information content (AvgIpc) is 3.06. The number of aromatic nitrogens is 2. The van der Waals surface area contributed by atoms with Crippen LogP contribution in [0, 0.1) is 12.7 Å². The van der Waals surface area contributed by atoms with Crippen molar-refractivity contribution in [3.8, 4) is 17.2 Å². The van der Waals surface area contributed by atoms with Crippen molar-refractivity contribution in [2.75, 3.05) is 5.32 Å². The maximum Gasteiger partial charge on any atom is 0.270 e. The molecule has 2 aromatic carbocycles. The molecule has 1 N–H and O–H groups in total. The molecule has 25 heavy (non-hydrogen) atoms. The fourth-order valence-corrected chi connectivity index (χ4v) is 2.07. The van der Waals surface area contributed by atoms with Crippen molar-refractivity contribution in [2.24, 2.45) is 0 Å². The van der Waals surface area contributed by atoms with Crippen molar-refractivity contribution in [2.45, 2.75) is 20.0 Å². The van der Waals surface area contributed by atoms with Crippen molar-refractivity contribution in [1.82, 2.24) is 10.1 Å². The van der Waals surface area contributed by atoms with E-state index in [2.05, 4.69) is 15.5 Å². The Bertz CT molecular complexity index is 860. The van der Waals surface area contributed by atoms with Crippen LogP contribution in [-0.2, 0) is 4.79 Å². The van der Waals surface area contributed by atoms with Gasteiger partial charge in [-0.3, -0.25) is 10.1 Å². The quantitative estimate of drug-likeness (QED) is 0.767. The Balaban J connectivity index is 1.62. The summed E-state index contributed by atoms with van der Waals surface area (Å²) in [6, 6.07) is 13.0. The Morgan fingerprint density at radius 1 is 1.16 bits per heavy atom. The van der Waals surface area contributed by atoms with Gasteiger partial charge in [0.1, 0.15) is 11.6 Å². The van der Waals surface area contributed by atoms with E-state index in [1.807, 2.05) is 31.2 Å². The largest absolute Gasteiger partial charge is 0.481 e. The van der Waals surface area contributed by atoms with Crippen molar-refractivity contribution in [3.05, 3.63) is 59.9 Å². The van der Waals surface area contributed by atoms with E-state index in [4.69, 9.17) is 9.26 Å². The lowest BCUT2D eigenvalue weighted by Crippen LogP contribution is -2.30. The van der Waals surface area contributed by atoms with Gasteiger partial charge in [-0.25, -0.2) is 4.39 Å². The topological polar surface area (TPSA) is 77.2 Å². The molecule has 1 aromatic heterocycles. The number of halogens is 1. The van der Waals surface area contributed by atoms with Crippen molar-refractivity contribution in [3.63, 3.8) is 0 Å². The van der Waals surface area contributed by atoms with Crippen molar-refractivity contribution < 1.29 is 18.4 Å². The Hall–Kier alpha value is -3.22. The van der Waals surface area contributed by atoms with E-state index in [1.165, 1.54) is 24.3 Å². The molecule has 1 amide bonds. The molecule has 128 valence electrons. The van der Waals surface area contributed by atoms with Crippen molar-refractivity contribution >= 4 is 11.9 Å². The molecule has 0 saturated heterocycles. The highest BCUT2D eigenvalue weighted by atomic mass is 19.1. The van der Waals surface area contributed by atoms with Crippen LogP contribution in [0.4, 0.5) is 10.3 Å². The van der Waals surface area contributed by atoms with Gasteiger partial charge in [-0.1, -0.05) is 17.7 Å². The molecule has 3 aromatic rings. The van der Waals surface area contributed by atoms with Crippen LogP contribution in [0.5, 0.6) is 5.75 Å². The number of ether oxygens (including phenoxy) is 1. The molecule has 0 radical (unpaired) electrons. The number of aryl methyl sites for hydroxylation is 1. The fraction of sp³-hybridized carbons (Fsp3) is 0.167. The van der Waals surface area contributed by atoms with Crippen LogP contribution in [0.1, 0.15) is 12.5 Å². The molecule has 0 aliphatic rings. The lowest BCUT2D eigenvalue weighted by Gasteiger charge is -2.13. The number of carbonyl (C=O) groups excluding carboxylic acids is 1. The van der Waals surface area contributed by atoms with Crippen LogP contribution in [0.2, 0.25) is 0 Å². The van der Waals surface area contributed by atoms with E-state index in [-0.39, 0.29) is 11.8 Å². The molecule has 6 nitrogen and oxygen atoms in total. The third-order valence-corrected chi connectivity index (χ3v) is 3.46. The third kappa shape index (κ3) is 4.20. The molecule has 1 atom stereocenters. The smallest absolute Gasteiger partial charge is 0.270 e. The molecule has 7 heteroatoms. The number of nitrogens with zero attached hydrogens (tertiary/aromatic N) is 2. The molecule has 3 rings (SSSR count). The summed E-state index contributed by atoms with van der Waals surface area (Å²) in [6.07, 6.45) is -0.813. The number of hydrogen-bond donors (Lipinski definition) is 1. The number of hydrogen-bond acceptors (Lipinski definition) is 5. The molecule has 0 fully saturated rings. The van der Waals surface area contributed by atoms with Gasteiger partial charge in [-0.05, 0) is 55.4 Å². The number of carbonyl (C=O) groups is 1. The Labute approximate surface area is 143 Å². The van der Waals surface area contributed by atoms with Gasteiger partial charge >= 0.3 is 0 Å². The second-order valence-corrected chi connectivity index (χ2v) is 5.49. The monoisotopic (exact) mass is 341 g/mol. The van der Waals surface area contributed by atoms with Gasteiger partial charge in [0.05, 0.1) is 0 Å². The van der Waals surface area contributed by atoms with Gasteiger partial charge in [-0.2, -0.15) is 4.98 Å². The van der Waals surface area contributed by atoms with Crippen molar-refractivity contribution in [1.29, 1.82) is 0 Å². The summed E-state index contributed by atoms with van der Waals surface area (Å²) < 4.78 is 23.5. The van der Waals surface area contributed by atoms with E-state index in [0.717, 1.165) is 11.1 Å². The standard InChI is InChI=1S/C18H16FN3O3/c1-11-3-5-13(6-4-11)17-21-18(22-25-17)20-16(23)12(2)24-15-9-7-14(19)8-10-15/h3-10,12H,1-2H3,(H,20,22,23)/t12-/m0/s1. The SMILES string of the molecule is Cc1ccc(-c2nc(NC(=O)[C@H](C)Oc3ccc(F)cc3)no2)cc1. The predicted octanol–water partition coefficient (Wildman–Crippen LogP) is 3.59. The second kappa shape index (κ2) is 7.12. The first-order valence-corrected chi connectivity index (χ1v) is 7.65. The van der Waals surface area contributed by atoms with Crippen LogP contribution in [0.15, 0.2) is 53.1 Å². The number of nitrogens with one attached hydrogen (secondary N) is 1. The maximum absolute atomic E-state index is 12.9. The lowest BCUT2D eigenvalue weighted by molar-refractivity contribution is -0.122. The van der Waals surface area contributed by atoms with E-state index in [0.29, 0.717) is 11.6 Å². The summed E-state index contributed by atoms with van der Waals surface area (Å²) in [4.78, 5) is 16.3. The number of rotatable bonds is 5. The van der Waals surface area contributed by atoms with Crippen LogP contribution in [0.3, 0.4) is 0 Å². The molecule has 0 saturated carbocycles. The fourth-order valence-electron chi connectivity index (χ4n) is 2.07. The minimum absolute atomic E-state index is 0.0510. The summed E-state index contributed by atoms with van der Waals surface area (Å²) in [5.74, 6) is -0.0736. The maximum atomic E-state index is 12.9. The van der Waals surface area contributed by atoms with Gasteiger partial charge in [0.25, 0.3) is 17.7 Å². The molecule has 0 spiro atoms. The summed E-state index contributed by atoms with van der Waals surface area (Å²) in [6.45, 7) is 3.55. The Kier molecular flexibility index (Phi) is 4.74. The molecule has 0 aliphatic heterocycles. The van der Waals surface area contributed by atoms with Crippen LogP contribution in [0.25, 0.3) is 11.5 Å². The summed E-state index contributed by atoms with van der Waals surface area (Å²) in [5, 5.41) is 6.25. The Morgan fingerprint density at radius 2 is 1.84 bits per heavy atom. The third-order valence-electron chi connectivity index (χ3n) is 3.46. The first kappa shape index (κ1) is 16.6. The van der Waals surface area contributed by atoms with Gasteiger partial charge in [0, 0.05) is 5.56 Å². The highest BCUT2D eigenvalue weighted by Gasteiger charge is 2.18. The zero-order valence-electron chi connectivity index (χ0n) is 13.7. The van der Waals surface area contributed by atoms with Gasteiger partial charge in [-0.15, -0.1) is 0 Å². The van der Waals surface area contributed by atoms with Crippen LogP contribution in [-0.4, -0.2) is 22.2 Å². The number of anilines is 1. The molecule has 1 heterocycles. The summed E-state index contributed by atoms with van der Waals surface area (Å²) in [7, 11) is 0. The zero-order chi connectivity index (χ0) is 17.8. The minimum atomic E-state index is -0.813. The molecule has 0 bridgehead atoms. The molecule has 0 unspecified atom stereocenters. The highest BCUT2D eigenvalue weighted by molar-refractivity contribution is 5.92. The average molecular weight is 341 g/mol. The number of benzene rings is 2. The predicted molar refractivity (Wildman–Crippen MR) is 89.6 cm³/mol. The molecular formula is C18H16FN3O3. The normalized spacial score (nSPS) is 11.8. The first-order chi connectivity index (χ1) is 12.0. The second-order valence-electron chi connectivity index (χ2n) is 5.49. The van der Waals surface area contributed by atoms with Gasteiger partial charge < -0.3 is 9.26 Å². The van der Waals surface area contributed by atoms with E-state index in [1.54, 1.807) is 6.92 Å². The van der Waals surface area contributed by atoms with Crippen LogP contribution < -0.4 is 10.1 Å².